The number of amides is 1. The molecule has 1 aromatic carbocycles. The predicted molar refractivity (Wildman–Crippen MR) is 60.9 cm³/mol. The second-order valence-corrected chi connectivity index (χ2v) is 3.79. The van der Waals surface area contributed by atoms with Crippen molar-refractivity contribution in [2.45, 2.75) is 19.9 Å². The van der Waals surface area contributed by atoms with Crippen LogP contribution in [0.4, 0.5) is 0 Å². The molecule has 0 aliphatic carbocycles. The van der Waals surface area contributed by atoms with E-state index >= 15 is 0 Å². The van der Waals surface area contributed by atoms with Crippen LogP contribution in [0.3, 0.4) is 0 Å². The zero-order valence-electron chi connectivity index (χ0n) is 9.47. The van der Waals surface area contributed by atoms with Crippen molar-refractivity contribution in [1.29, 1.82) is 0 Å². The molecule has 0 radical (unpaired) electrons. The smallest absolute Gasteiger partial charge is 0.227 e. The van der Waals surface area contributed by atoms with Crippen LogP contribution in [0.15, 0.2) is 24.3 Å². The summed E-state index contributed by atoms with van der Waals surface area (Å²) in [4.78, 5) is 11.5. The normalized spacial score (nSPS) is 10.2. The van der Waals surface area contributed by atoms with E-state index < -0.39 is 0 Å². The van der Waals surface area contributed by atoms with Crippen LogP contribution in [-0.4, -0.2) is 26.5 Å². The number of aryl methyl sites for hydroxylation is 1. The van der Waals surface area contributed by atoms with Gasteiger partial charge in [0.25, 0.3) is 0 Å². The predicted octanol–water partition coefficient (Wildman–Crippen LogP) is 0.367. The second-order valence-electron chi connectivity index (χ2n) is 3.79. The molecule has 6 heteroatoms. The quantitative estimate of drug-likeness (QED) is 0.796. The minimum absolute atomic E-state index is 0.107. The summed E-state index contributed by atoms with van der Waals surface area (Å²) in [5.41, 5.74) is 2.27. The summed E-state index contributed by atoms with van der Waals surface area (Å²) < 4.78 is 0. The molecule has 0 saturated carbocycles. The van der Waals surface area contributed by atoms with Gasteiger partial charge >= 0.3 is 0 Å². The monoisotopic (exact) mass is 231 g/mol. The summed E-state index contributed by atoms with van der Waals surface area (Å²) in [6.45, 7) is 2.54. The Morgan fingerprint density at radius 1 is 1.35 bits per heavy atom. The highest BCUT2D eigenvalue weighted by Crippen LogP contribution is 2.02. The van der Waals surface area contributed by atoms with Crippen LogP contribution in [0.1, 0.15) is 17.0 Å². The molecule has 1 amide bonds. The van der Waals surface area contributed by atoms with Gasteiger partial charge in [0.05, 0.1) is 6.42 Å². The number of nitrogens with zero attached hydrogens (tertiary/aromatic N) is 3. The van der Waals surface area contributed by atoms with E-state index in [1.165, 1.54) is 5.56 Å². The molecule has 0 bridgehead atoms. The van der Waals surface area contributed by atoms with E-state index in [2.05, 4.69) is 25.9 Å². The van der Waals surface area contributed by atoms with Gasteiger partial charge in [-0.2, -0.15) is 0 Å². The number of carbonyl (C=O) groups is 1. The average Bonchev–Trinajstić information content (AvgIpc) is 2.81. The van der Waals surface area contributed by atoms with Crippen molar-refractivity contribution in [3.63, 3.8) is 0 Å². The van der Waals surface area contributed by atoms with Gasteiger partial charge in [0.15, 0.2) is 5.82 Å². The Bertz CT molecular complexity index is 477. The highest BCUT2D eigenvalue weighted by atomic mass is 16.1. The molecule has 0 fully saturated rings. The van der Waals surface area contributed by atoms with Gasteiger partial charge in [-0.15, -0.1) is 5.10 Å². The Morgan fingerprint density at radius 3 is 2.76 bits per heavy atom. The average molecular weight is 231 g/mol. The maximum Gasteiger partial charge on any atom is 0.227 e. The largest absolute Gasteiger partial charge is 0.352 e. The molecular formula is C11H13N5O. The molecule has 0 saturated heterocycles. The molecule has 2 aromatic rings. The lowest BCUT2D eigenvalue weighted by Crippen LogP contribution is -2.25. The minimum Gasteiger partial charge on any atom is -0.352 e. The third-order valence-electron chi connectivity index (χ3n) is 2.33. The number of benzene rings is 1. The molecular weight excluding hydrogens is 218 g/mol. The number of tetrazole rings is 1. The third-order valence-corrected chi connectivity index (χ3v) is 2.33. The SMILES string of the molecule is Cc1ccc(CNC(=O)Cc2nnn[nH]2)cc1. The summed E-state index contributed by atoms with van der Waals surface area (Å²) >= 11 is 0. The Kier molecular flexibility index (Phi) is 3.44. The van der Waals surface area contributed by atoms with Gasteiger partial charge in [-0.25, -0.2) is 5.10 Å². The number of hydrogen-bond donors (Lipinski definition) is 2. The molecule has 17 heavy (non-hydrogen) atoms. The van der Waals surface area contributed by atoms with Crippen LogP contribution >= 0.6 is 0 Å². The third kappa shape index (κ3) is 3.37. The highest BCUT2D eigenvalue weighted by Gasteiger charge is 2.05. The number of aromatic nitrogens is 4. The summed E-state index contributed by atoms with van der Waals surface area (Å²) in [5.74, 6) is 0.357. The number of nitrogens with one attached hydrogen (secondary N) is 2. The van der Waals surface area contributed by atoms with Crippen molar-refractivity contribution in [3.8, 4) is 0 Å². The molecule has 1 heterocycles. The number of H-pyrrole nitrogens is 1. The van der Waals surface area contributed by atoms with Crippen LogP contribution < -0.4 is 5.32 Å². The Labute approximate surface area is 98.4 Å². The van der Waals surface area contributed by atoms with E-state index in [1.54, 1.807) is 0 Å². The number of rotatable bonds is 4. The molecule has 0 spiro atoms. The van der Waals surface area contributed by atoms with Crippen molar-refractivity contribution in [2.75, 3.05) is 0 Å². The minimum atomic E-state index is -0.107. The van der Waals surface area contributed by atoms with Crippen LogP contribution in [0.25, 0.3) is 0 Å². The molecule has 0 aliphatic rings. The van der Waals surface area contributed by atoms with E-state index in [-0.39, 0.29) is 12.3 Å². The van der Waals surface area contributed by atoms with Crippen molar-refractivity contribution in [1.82, 2.24) is 25.9 Å². The number of hydrogen-bond acceptors (Lipinski definition) is 4. The molecule has 0 aliphatic heterocycles. The van der Waals surface area contributed by atoms with E-state index in [9.17, 15) is 4.79 Å². The summed E-state index contributed by atoms with van der Waals surface area (Å²) in [5, 5.41) is 15.8. The van der Waals surface area contributed by atoms with Gasteiger partial charge in [0.1, 0.15) is 0 Å². The second kappa shape index (κ2) is 5.20. The lowest BCUT2D eigenvalue weighted by atomic mass is 10.1. The highest BCUT2D eigenvalue weighted by molar-refractivity contribution is 5.77. The summed E-state index contributed by atoms with van der Waals surface area (Å²) in [7, 11) is 0. The first-order valence-corrected chi connectivity index (χ1v) is 5.29. The number of carbonyl (C=O) groups excluding carboxylic acids is 1. The fraction of sp³-hybridized carbons (Fsp3) is 0.273. The first kappa shape index (κ1) is 11.3. The van der Waals surface area contributed by atoms with Crippen molar-refractivity contribution in [2.24, 2.45) is 0 Å². The van der Waals surface area contributed by atoms with Crippen LogP contribution in [0.5, 0.6) is 0 Å². The molecule has 0 atom stereocenters. The number of aromatic amines is 1. The molecule has 1 aromatic heterocycles. The van der Waals surface area contributed by atoms with Gasteiger partial charge in [-0.3, -0.25) is 4.79 Å². The molecule has 2 N–H and O–H groups in total. The Hall–Kier alpha value is -2.24. The van der Waals surface area contributed by atoms with Gasteiger partial charge < -0.3 is 5.32 Å². The summed E-state index contributed by atoms with van der Waals surface area (Å²) in [6, 6.07) is 8.01. The van der Waals surface area contributed by atoms with Gasteiger partial charge in [0.2, 0.25) is 5.91 Å². The Morgan fingerprint density at radius 2 is 2.12 bits per heavy atom. The van der Waals surface area contributed by atoms with E-state index in [4.69, 9.17) is 0 Å². The topological polar surface area (TPSA) is 83.6 Å². The lowest BCUT2D eigenvalue weighted by molar-refractivity contribution is -0.120. The van der Waals surface area contributed by atoms with Crippen molar-refractivity contribution < 1.29 is 4.79 Å². The van der Waals surface area contributed by atoms with E-state index in [1.807, 2.05) is 31.2 Å². The van der Waals surface area contributed by atoms with Gasteiger partial charge in [-0.05, 0) is 22.9 Å². The van der Waals surface area contributed by atoms with Crippen molar-refractivity contribution >= 4 is 5.91 Å². The zero-order chi connectivity index (χ0) is 12.1. The van der Waals surface area contributed by atoms with Crippen LogP contribution in [0.2, 0.25) is 0 Å². The lowest BCUT2D eigenvalue weighted by Gasteiger charge is -2.04. The maximum absolute atomic E-state index is 11.5. The first-order valence-electron chi connectivity index (χ1n) is 5.29. The van der Waals surface area contributed by atoms with Gasteiger partial charge in [-0.1, -0.05) is 29.8 Å². The Balaban J connectivity index is 1.82. The standard InChI is InChI=1S/C11H13N5O/c1-8-2-4-9(5-3-8)7-12-11(17)6-10-13-15-16-14-10/h2-5H,6-7H2,1H3,(H,12,17)(H,13,14,15,16). The van der Waals surface area contributed by atoms with E-state index in [0.29, 0.717) is 12.4 Å². The maximum atomic E-state index is 11.5. The molecule has 6 nitrogen and oxygen atoms in total. The van der Waals surface area contributed by atoms with Crippen LogP contribution in [-0.2, 0) is 17.8 Å². The fourth-order valence-corrected chi connectivity index (χ4v) is 1.37. The fourth-order valence-electron chi connectivity index (χ4n) is 1.37. The van der Waals surface area contributed by atoms with Crippen molar-refractivity contribution in [3.05, 3.63) is 41.2 Å². The molecule has 2 rings (SSSR count). The van der Waals surface area contributed by atoms with Crippen LogP contribution in [0, 0.1) is 6.92 Å². The molecule has 0 unspecified atom stereocenters. The summed E-state index contributed by atoms with van der Waals surface area (Å²) in [6.07, 6.45) is 0.166. The zero-order valence-corrected chi connectivity index (χ0v) is 9.47. The van der Waals surface area contributed by atoms with Gasteiger partial charge in [0, 0.05) is 6.54 Å². The first-order chi connectivity index (χ1) is 8.24. The van der Waals surface area contributed by atoms with E-state index in [0.717, 1.165) is 5.56 Å². The molecule has 88 valence electrons.